The highest BCUT2D eigenvalue weighted by molar-refractivity contribution is 7.20. The van der Waals surface area contributed by atoms with Gasteiger partial charge in [-0.05, 0) is 67.2 Å². The fourth-order valence-corrected chi connectivity index (χ4v) is 5.22. The van der Waals surface area contributed by atoms with E-state index in [-0.39, 0.29) is 17.8 Å². The van der Waals surface area contributed by atoms with Gasteiger partial charge in [0.05, 0.1) is 23.2 Å². The minimum Gasteiger partial charge on any atom is -0.349 e. The van der Waals surface area contributed by atoms with Crippen LogP contribution in [0.15, 0.2) is 47.2 Å². The van der Waals surface area contributed by atoms with Gasteiger partial charge < -0.3 is 10.2 Å². The summed E-state index contributed by atoms with van der Waals surface area (Å²) in [6.45, 7) is 3.01. The first-order chi connectivity index (χ1) is 14.4. The molecule has 1 amide bonds. The lowest BCUT2D eigenvalue weighted by molar-refractivity contribution is 0.0946. The molecule has 1 N–H and O–H groups in total. The molecule has 0 saturated heterocycles. The monoisotopic (exact) mass is 442 g/mol. The molecular formula is C22H23FN4OS2. The van der Waals surface area contributed by atoms with E-state index in [4.69, 9.17) is 0 Å². The maximum absolute atomic E-state index is 13.2. The Morgan fingerprint density at radius 3 is 2.70 bits per heavy atom. The minimum atomic E-state index is -0.255. The largest absolute Gasteiger partial charge is 0.349 e. The number of likely N-dealkylation sites (N-methyl/N-ethyl adjacent to an activating group) is 1. The highest BCUT2D eigenvalue weighted by Gasteiger charge is 2.19. The zero-order valence-corrected chi connectivity index (χ0v) is 18.7. The van der Waals surface area contributed by atoms with Crippen LogP contribution in [0.1, 0.15) is 32.5 Å². The number of fused-ring (bicyclic) bond motifs is 1. The van der Waals surface area contributed by atoms with E-state index in [2.05, 4.69) is 32.1 Å². The van der Waals surface area contributed by atoms with Gasteiger partial charge in [-0.3, -0.25) is 9.48 Å². The predicted molar refractivity (Wildman–Crippen MR) is 121 cm³/mol. The number of thiophene rings is 2. The van der Waals surface area contributed by atoms with Crippen molar-refractivity contribution in [3.8, 4) is 0 Å². The highest BCUT2D eigenvalue weighted by Crippen LogP contribution is 2.29. The van der Waals surface area contributed by atoms with Crippen LogP contribution < -0.4 is 5.32 Å². The second kappa shape index (κ2) is 8.67. The van der Waals surface area contributed by atoms with Crippen molar-refractivity contribution in [1.82, 2.24) is 20.0 Å². The van der Waals surface area contributed by atoms with Crippen LogP contribution in [0.25, 0.3) is 10.2 Å². The van der Waals surface area contributed by atoms with Gasteiger partial charge in [-0.2, -0.15) is 16.4 Å². The number of hydrogen-bond donors (Lipinski definition) is 1. The van der Waals surface area contributed by atoms with Gasteiger partial charge >= 0.3 is 0 Å². The first kappa shape index (κ1) is 20.7. The van der Waals surface area contributed by atoms with Gasteiger partial charge in [0.25, 0.3) is 5.91 Å². The molecule has 0 bridgehead atoms. The van der Waals surface area contributed by atoms with Crippen molar-refractivity contribution >= 4 is 38.8 Å². The molecule has 1 atom stereocenters. The van der Waals surface area contributed by atoms with Crippen molar-refractivity contribution in [3.63, 3.8) is 0 Å². The number of nitrogens with one attached hydrogen (secondary N) is 1. The zero-order chi connectivity index (χ0) is 21.3. The van der Waals surface area contributed by atoms with Crippen LogP contribution in [-0.2, 0) is 6.54 Å². The van der Waals surface area contributed by atoms with E-state index in [1.54, 1.807) is 23.5 Å². The number of aromatic nitrogens is 2. The zero-order valence-electron chi connectivity index (χ0n) is 17.1. The molecule has 0 radical (unpaired) electrons. The van der Waals surface area contributed by atoms with Crippen LogP contribution in [0, 0.1) is 12.7 Å². The molecule has 0 spiro atoms. The maximum Gasteiger partial charge on any atom is 0.261 e. The van der Waals surface area contributed by atoms with Gasteiger partial charge in [-0.15, -0.1) is 11.3 Å². The second-order valence-corrected chi connectivity index (χ2v) is 9.26. The summed E-state index contributed by atoms with van der Waals surface area (Å²) in [5.74, 6) is -0.333. The van der Waals surface area contributed by atoms with Gasteiger partial charge in [0, 0.05) is 11.9 Å². The summed E-state index contributed by atoms with van der Waals surface area (Å²) in [5.41, 5.74) is 3.05. The number of hydrogen-bond acceptors (Lipinski definition) is 5. The normalized spacial score (nSPS) is 12.6. The van der Waals surface area contributed by atoms with Crippen LogP contribution in [0.2, 0.25) is 0 Å². The average Bonchev–Trinajstić information content (AvgIpc) is 3.43. The van der Waals surface area contributed by atoms with Gasteiger partial charge in [-0.25, -0.2) is 4.39 Å². The fourth-order valence-electron chi connectivity index (χ4n) is 3.43. The molecule has 0 aliphatic heterocycles. The van der Waals surface area contributed by atoms with Gasteiger partial charge in [0.1, 0.15) is 10.6 Å². The Balaban J connectivity index is 1.51. The van der Waals surface area contributed by atoms with E-state index in [1.165, 1.54) is 29.0 Å². The summed E-state index contributed by atoms with van der Waals surface area (Å²) in [6, 6.07) is 10.5. The molecule has 4 rings (SSSR count). The number of halogens is 1. The third-order valence-corrected chi connectivity index (χ3v) is 6.93. The summed E-state index contributed by atoms with van der Waals surface area (Å²) >= 11 is 3.09. The number of carbonyl (C=O) groups excluding carboxylic acids is 1. The molecular weight excluding hydrogens is 419 g/mol. The smallest absolute Gasteiger partial charge is 0.261 e. The topological polar surface area (TPSA) is 50.2 Å². The van der Waals surface area contributed by atoms with Crippen LogP contribution in [0.5, 0.6) is 0 Å². The second-order valence-electron chi connectivity index (χ2n) is 7.45. The van der Waals surface area contributed by atoms with Crippen LogP contribution >= 0.6 is 22.7 Å². The standard InChI is InChI=1S/C22H23FN4OS2/c1-14-18-10-20(21(28)24-11-19(26(2)3)16-8-9-29-13-16)30-22(18)27(25-14)12-15-4-6-17(23)7-5-15/h4-10,13,19H,11-12H2,1-3H3,(H,24,28). The molecule has 156 valence electrons. The molecule has 3 heterocycles. The molecule has 8 heteroatoms. The molecule has 3 aromatic heterocycles. The van der Waals surface area contributed by atoms with Crippen LogP contribution in [0.3, 0.4) is 0 Å². The van der Waals surface area contributed by atoms with E-state index >= 15 is 0 Å². The maximum atomic E-state index is 13.2. The molecule has 30 heavy (non-hydrogen) atoms. The third-order valence-electron chi connectivity index (χ3n) is 5.08. The highest BCUT2D eigenvalue weighted by atomic mass is 32.1. The Hall–Kier alpha value is -2.55. The van der Waals surface area contributed by atoms with Gasteiger partial charge in [0.15, 0.2) is 0 Å². The van der Waals surface area contributed by atoms with E-state index < -0.39 is 0 Å². The lowest BCUT2D eigenvalue weighted by Gasteiger charge is -2.23. The summed E-state index contributed by atoms with van der Waals surface area (Å²) in [4.78, 5) is 16.6. The number of aryl methyl sites for hydroxylation is 1. The van der Waals surface area contributed by atoms with Gasteiger partial charge in [0.2, 0.25) is 0 Å². The lowest BCUT2D eigenvalue weighted by atomic mass is 10.1. The Morgan fingerprint density at radius 2 is 2.03 bits per heavy atom. The molecule has 4 aromatic rings. The number of carbonyl (C=O) groups is 1. The Labute approximate surface area is 182 Å². The summed E-state index contributed by atoms with van der Waals surface area (Å²) < 4.78 is 15.1. The summed E-state index contributed by atoms with van der Waals surface area (Å²) in [7, 11) is 4.03. The summed E-state index contributed by atoms with van der Waals surface area (Å²) in [5, 5.41) is 12.8. The molecule has 1 aromatic carbocycles. The average molecular weight is 443 g/mol. The van der Waals surface area contributed by atoms with E-state index in [0.29, 0.717) is 18.0 Å². The number of amides is 1. The van der Waals surface area contributed by atoms with Crippen molar-refractivity contribution < 1.29 is 9.18 Å². The third kappa shape index (κ3) is 4.30. The Kier molecular flexibility index (Phi) is 5.99. The Morgan fingerprint density at radius 1 is 1.27 bits per heavy atom. The van der Waals surface area contributed by atoms with E-state index in [0.717, 1.165) is 21.5 Å². The fraction of sp³-hybridized carbons (Fsp3) is 0.273. The first-order valence-corrected chi connectivity index (χ1v) is 11.4. The lowest BCUT2D eigenvalue weighted by Crippen LogP contribution is -2.34. The molecule has 0 aliphatic carbocycles. The number of rotatable bonds is 7. The van der Waals surface area contributed by atoms with Gasteiger partial charge in [-0.1, -0.05) is 12.1 Å². The molecule has 0 fully saturated rings. The summed E-state index contributed by atoms with van der Waals surface area (Å²) in [6.07, 6.45) is 0. The number of nitrogens with zero attached hydrogens (tertiary/aromatic N) is 3. The number of benzene rings is 1. The SMILES string of the molecule is Cc1nn(Cc2ccc(F)cc2)c2sc(C(=O)NCC(c3ccsc3)N(C)C)cc12. The molecule has 0 saturated carbocycles. The Bertz CT molecular complexity index is 1150. The molecule has 1 unspecified atom stereocenters. The minimum absolute atomic E-state index is 0.0778. The van der Waals surface area contributed by atoms with Crippen molar-refractivity contribution in [3.05, 3.63) is 74.7 Å². The first-order valence-electron chi connectivity index (χ1n) is 9.60. The predicted octanol–water partition coefficient (Wildman–Crippen LogP) is 4.69. The quantitative estimate of drug-likeness (QED) is 0.452. The van der Waals surface area contributed by atoms with E-state index in [9.17, 15) is 9.18 Å². The van der Waals surface area contributed by atoms with Crippen LogP contribution in [0.4, 0.5) is 4.39 Å². The molecule has 0 aliphatic rings. The van der Waals surface area contributed by atoms with E-state index in [1.807, 2.05) is 31.8 Å². The van der Waals surface area contributed by atoms with Crippen molar-refractivity contribution in [2.75, 3.05) is 20.6 Å². The van der Waals surface area contributed by atoms with Crippen molar-refractivity contribution in [2.45, 2.75) is 19.5 Å². The molecule has 5 nitrogen and oxygen atoms in total. The van der Waals surface area contributed by atoms with Crippen LogP contribution in [-0.4, -0.2) is 41.2 Å². The van der Waals surface area contributed by atoms with Crippen molar-refractivity contribution in [1.29, 1.82) is 0 Å². The van der Waals surface area contributed by atoms with Crippen molar-refractivity contribution in [2.24, 2.45) is 0 Å².